The first-order chi connectivity index (χ1) is 14.4. The second-order valence-corrected chi connectivity index (χ2v) is 9.39. The molecule has 1 amide bonds. The maximum absolute atomic E-state index is 12.7. The van der Waals surface area contributed by atoms with E-state index in [1.807, 2.05) is 66.4 Å². The summed E-state index contributed by atoms with van der Waals surface area (Å²) in [5.41, 5.74) is 1.78. The van der Waals surface area contributed by atoms with Crippen molar-refractivity contribution in [1.82, 2.24) is 14.5 Å². The fourth-order valence-corrected chi connectivity index (χ4v) is 5.01. The van der Waals surface area contributed by atoms with Crippen LogP contribution in [0.25, 0.3) is 0 Å². The SMILES string of the molecule is COc1ccc(CNC(=O)C(C)N2CCN(S(=O)(=O)Cc3ccccc3)CC2)cc1. The summed E-state index contributed by atoms with van der Waals surface area (Å²) < 4.78 is 32.0. The van der Waals surface area contributed by atoms with E-state index in [1.54, 1.807) is 7.11 Å². The van der Waals surface area contributed by atoms with Gasteiger partial charge >= 0.3 is 0 Å². The molecular formula is C22H29N3O4S. The minimum absolute atomic E-state index is 0.00570. The molecule has 1 heterocycles. The van der Waals surface area contributed by atoms with Gasteiger partial charge in [0.25, 0.3) is 0 Å². The van der Waals surface area contributed by atoms with Crippen LogP contribution in [0.5, 0.6) is 5.75 Å². The van der Waals surface area contributed by atoms with Crippen LogP contribution in [0.4, 0.5) is 0 Å². The van der Waals surface area contributed by atoms with Gasteiger partial charge < -0.3 is 10.1 Å². The van der Waals surface area contributed by atoms with Gasteiger partial charge in [-0.05, 0) is 30.2 Å². The number of rotatable bonds is 8. The molecule has 1 aliphatic rings. The fourth-order valence-electron chi connectivity index (χ4n) is 3.49. The summed E-state index contributed by atoms with van der Waals surface area (Å²) in [6.45, 7) is 4.16. The van der Waals surface area contributed by atoms with Crippen molar-refractivity contribution in [3.05, 3.63) is 65.7 Å². The molecule has 0 aromatic heterocycles. The number of piperazine rings is 1. The largest absolute Gasteiger partial charge is 0.497 e. The Kier molecular flexibility index (Phi) is 7.47. The monoisotopic (exact) mass is 431 g/mol. The summed E-state index contributed by atoms with van der Waals surface area (Å²) >= 11 is 0. The van der Waals surface area contributed by atoms with Gasteiger partial charge in [-0.1, -0.05) is 42.5 Å². The summed E-state index contributed by atoms with van der Waals surface area (Å²) in [5.74, 6) is 0.719. The lowest BCUT2D eigenvalue weighted by Gasteiger charge is -2.36. The summed E-state index contributed by atoms with van der Waals surface area (Å²) in [6.07, 6.45) is 0. The van der Waals surface area contributed by atoms with Crippen molar-refractivity contribution in [3.8, 4) is 5.75 Å². The van der Waals surface area contributed by atoms with Gasteiger partial charge in [0, 0.05) is 32.7 Å². The fraction of sp³-hybridized carbons (Fsp3) is 0.409. The van der Waals surface area contributed by atoms with Crippen molar-refractivity contribution in [2.75, 3.05) is 33.3 Å². The lowest BCUT2D eigenvalue weighted by molar-refractivity contribution is -0.126. The molecule has 0 bridgehead atoms. The minimum Gasteiger partial charge on any atom is -0.497 e. The van der Waals surface area contributed by atoms with E-state index >= 15 is 0 Å². The van der Waals surface area contributed by atoms with Crippen molar-refractivity contribution in [3.63, 3.8) is 0 Å². The number of amides is 1. The van der Waals surface area contributed by atoms with Crippen LogP contribution in [0.2, 0.25) is 0 Å². The first kappa shape index (κ1) is 22.3. The number of ether oxygens (including phenoxy) is 1. The highest BCUT2D eigenvalue weighted by atomic mass is 32.2. The van der Waals surface area contributed by atoms with E-state index in [-0.39, 0.29) is 17.7 Å². The molecule has 7 nitrogen and oxygen atoms in total. The third-order valence-electron chi connectivity index (χ3n) is 5.41. The Bertz CT molecular complexity index is 925. The summed E-state index contributed by atoms with van der Waals surface area (Å²) in [7, 11) is -1.75. The van der Waals surface area contributed by atoms with Crippen LogP contribution in [-0.4, -0.2) is 62.9 Å². The zero-order valence-corrected chi connectivity index (χ0v) is 18.3. The van der Waals surface area contributed by atoms with Gasteiger partial charge in [-0.2, -0.15) is 4.31 Å². The number of benzene rings is 2. The van der Waals surface area contributed by atoms with E-state index in [0.29, 0.717) is 32.7 Å². The molecule has 1 atom stereocenters. The number of carbonyl (C=O) groups excluding carboxylic acids is 1. The van der Waals surface area contributed by atoms with Crippen molar-refractivity contribution in [2.24, 2.45) is 0 Å². The number of sulfonamides is 1. The molecule has 1 aliphatic heterocycles. The first-order valence-electron chi connectivity index (χ1n) is 10.1. The van der Waals surface area contributed by atoms with Crippen molar-refractivity contribution in [2.45, 2.75) is 25.3 Å². The van der Waals surface area contributed by atoms with Crippen LogP contribution in [0, 0.1) is 0 Å². The number of nitrogens with one attached hydrogen (secondary N) is 1. The highest BCUT2D eigenvalue weighted by Crippen LogP contribution is 2.15. The van der Waals surface area contributed by atoms with Crippen molar-refractivity contribution in [1.29, 1.82) is 0 Å². The lowest BCUT2D eigenvalue weighted by atomic mass is 10.2. The highest BCUT2D eigenvalue weighted by molar-refractivity contribution is 7.88. The van der Waals surface area contributed by atoms with E-state index < -0.39 is 10.0 Å². The molecule has 0 spiro atoms. The quantitative estimate of drug-likeness (QED) is 0.690. The van der Waals surface area contributed by atoms with Crippen LogP contribution in [0.1, 0.15) is 18.1 Å². The van der Waals surface area contributed by atoms with E-state index in [1.165, 1.54) is 4.31 Å². The predicted octanol–water partition coefficient (Wildman–Crippen LogP) is 1.85. The predicted molar refractivity (Wildman–Crippen MR) is 117 cm³/mol. The minimum atomic E-state index is -3.36. The van der Waals surface area contributed by atoms with Crippen molar-refractivity contribution >= 4 is 15.9 Å². The lowest BCUT2D eigenvalue weighted by Crippen LogP contribution is -2.54. The smallest absolute Gasteiger partial charge is 0.237 e. The van der Waals surface area contributed by atoms with E-state index in [9.17, 15) is 13.2 Å². The van der Waals surface area contributed by atoms with Gasteiger partial charge in [-0.15, -0.1) is 0 Å². The Labute approximate surface area is 178 Å². The molecular weight excluding hydrogens is 402 g/mol. The molecule has 8 heteroatoms. The molecule has 30 heavy (non-hydrogen) atoms. The molecule has 3 rings (SSSR count). The van der Waals surface area contributed by atoms with Gasteiger partial charge in [-0.3, -0.25) is 9.69 Å². The van der Waals surface area contributed by atoms with E-state index in [2.05, 4.69) is 5.32 Å². The zero-order valence-electron chi connectivity index (χ0n) is 17.5. The maximum atomic E-state index is 12.7. The average Bonchev–Trinajstić information content (AvgIpc) is 2.77. The Morgan fingerprint density at radius 3 is 2.23 bits per heavy atom. The number of nitrogens with zero attached hydrogens (tertiary/aromatic N) is 2. The molecule has 2 aromatic rings. The van der Waals surface area contributed by atoms with E-state index in [0.717, 1.165) is 16.9 Å². The molecule has 0 saturated carbocycles. The number of hydrogen-bond donors (Lipinski definition) is 1. The highest BCUT2D eigenvalue weighted by Gasteiger charge is 2.30. The number of hydrogen-bond acceptors (Lipinski definition) is 5. The molecule has 1 unspecified atom stereocenters. The van der Waals surface area contributed by atoms with Gasteiger partial charge in [0.15, 0.2) is 0 Å². The van der Waals surface area contributed by atoms with Crippen LogP contribution < -0.4 is 10.1 Å². The molecule has 162 valence electrons. The average molecular weight is 432 g/mol. The Morgan fingerprint density at radius 2 is 1.63 bits per heavy atom. The van der Waals surface area contributed by atoms with Crippen LogP contribution in [-0.2, 0) is 27.1 Å². The van der Waals surface area contributed by atoms with Crippen LogP contribution in [0.3, 0.4) is 0 Å². The van der Waals surface area contributed by atoms with Gasteiger partial charge in [0.1, 0.15) is 5.75 Å². The van der Waals surface area contributed by atoms with E-state index in [4.69, 9.17) is 4.74 Å². The normalized spacial score (nSPS) is 16.7. The molecule has 0 aliphatic carbocycles. The summed E-state index contributed by atoms with van der Waals surface area (Å²) in [4.78, 5) is 14.6. The first-order valence-corrected chi connectivity index (χ1v) is 11.7. The molecule has 1 N–H and O–H groups in total. The van der Waals surface area contributed by atoms with Gasteiger partial charge in [-0.25, -0.2) is 8.42 Å². The zero-order chi connectivity index (χ0) is 21.6. The van der Waals surface area contributed by atoms with Gasteiger partial charge in [0.2, 0.25) is 15.9 Å². The molecule has 0 radical (unpaired) electrons. The summed E-state index contributed by atoms with van der Waals surface area (Å²) in [6, 6.07) is 16.4. The number of carbonyl (C=O) groups is 1. The van der Waals surface area contributed by atoms with Crippen LogP contribution in [0.15, 0.2) is 54.6 Å². The maximum Gasteiger partial charge on any atom is 0.237 e. The Morgan fingerprint density at radius 1 is 1.00 bits per heavy atom. The number of methoxy groups -OCH3 is 1. The Hall–Kier alpha value is -2.42. The second kappa shape index (κ2) is 10.1. The molecule has 2 aromatic carbocycles. The standard InChI is InChI=1S/C22H29N3O4S/c1-18(22(26)23-16-19-8-10-21(29-2)11-9-19)24-12-14-25(15-13-24)30(27,28)17-20-6-4-3-5-7-20/h3-11,18H,12-17H2,1-2H3,(H,23,26). The third-order valence-corrected chi connectivity index (χ3v) is 7.26. The van der Waals surface area contributed by atoms with Crippen LogP contribution >= 0.6 is 0 Å². The van der Waals surface area contributed by atoms with Crippen molar-refractivity contribution < 1.29 is 17.9 Å². The molecule has 1 saturated heterocycles. The second-order valence-electron chi connectivity index (χ2n) is 7.42. The molecule has 1 fully saturated rings. The summed E-state index contributed by atoms with van der Waals surface area (Å²) in [5, 5.41) is 2.95. The Balaban J connectivity index is 1.48. The van der Waals surface area contributed by atoms with Gasteiger partial charge in [0.05, 0.1) is 18.9 Å². The third kappa shape index (κ3) is 5.81. The topological polar surface area (TPSA) is 79.0 Å².